The first-order chi connectivity index (χ1) is 16.8. The van der Waals surface area contributed by atoms with Crippen LogP contribution < -0.4 is 0 Å². The van der Waals surface area contributed by atoms with Gasteiger partial charge in [0.05, 0.1) is 12.6 Å². The molecular weight excluding hydrogens is 527 g/mol. The van der Waals surface area contributed by atoms with E-state index in [0.717, 1.165) is 56.7 Å². The lowest BCUT2D eigenvalue weighted by molar-refractivity contribution is -0.142. The van der Waals surface area contributed by atoms with Crippen molar-refractivity contribution in [2.45, 2.75) is 18.9 Å². The summed E-state index contributed by atoms with van der Waals surface area (Å²) in [7, 11) is 1.84. The molecule has 0 unspecified atom stereocenters. The molecule has 2 aliphatic rings. The molecule has 2 aromatic carbocycles. The van der Waals surface area contributed by atoms with Gasteiger partial charge in [-0.3, -0.25) is 14.6 Å². The van der Waals surface area contributed by atoms with Gasteiger partial charge in [-0.15, -0.1) is 24.8 Å². The predicted octanol–water partition coefficient (Wildman–Crippen LogP) is 3.86. The number of carbonyl (C=O) groups is 2. The molecule has 2 heterocycles. The van der Waals surface area contributed by atoms with E-state index in [9.17, 15) is 18.4 Å². The number of hydrogen-bond donors (Lipinski definition) is 1. The van der Waals surface area contributed by atoms with Crippen LogP contribution in [0, 0.1) is 11.6 Å². The Morgan fingerprint density at radius 3 is 1.81 bits per heavy atom. The summed E-state index contributed by atoms with van der Waals surface area (Å²) >= 11 is 0. The summed E-state index contributed by atoms with van der Waals surface area (Å²) in [5.74, 6) is -1.24. The number of benzene rings is 2. The zero-order valence-corrected chi connectivity index (χ0v) is 22.5. The maximum atomic E-state index is 13.4. The highest BCUT2D eigenvalue weighted by Gasteiger charge is 2.26. The number of ether oxygens (including phenoxy) is 1. The fourth-order valence-electron chi connectivity index (χ4n) is 4.29. The second-order valence-corrected chi connectivity index (χ2v) is 8.75. The predicted molar refractivity (Wildman–Crippen MR) is 142 cm³/mol. The lowest BCUT2D eigenvalue weighted by Crippen LogP contribution is -2.48. The third kappa shape index (κ3) is 10.5. The van der Waals surface area contributed by atoms with Gasteiger partial charge in [0.25, 0.3) is 0 Å². The molecule has 0 aromatic heterocycles. The van der Waals surface area contributed by atoms with Gasteiger partial charge in [-0.05, 0) is 41.8 Å². The zero-order valence-electron chi connectivity index (χ0n) is 20.9. The lowest BCUT2D eigenvalue weighted by atomic mass is 9.96. The summed E-state index contributed by atoms with van der Waals surface area (Å²) in [5, 5.41) is 8.60. The van der Waals surface area contributed by atoms with E-state index in [4.69, 9.17) is 9.84 Å². The van der Waals surface area contributed by atoms with E-state index in [1.807, 2.05) is 7.05 Å². The molecule has 0 spiro atoms. The van der Waals surface area contributed by atoms with Crippen LogP contribution in [0.3, 0.4) is 0 Å². The third-order valence-corrected chi connectivity index (χ3v) is 6.23. The molecule has 0 radical (unpaired) electrons. The van der Waals surface area contributed by atoms with Crippen molar-refractivity contribution in [2.75, 3.05) is 59.5 Å². The first kappa shape index (κ1) is 32.7. The highest BCUT2D eigenvalue weighted by molar-refractivity contribution is 5.85. The quantitative estimate of drug-likeness (QED) is 0.493. The summed E-state index contributed by atoms with van der Waals surface area (Å²) in [6.07, 6.45) is 1.81. The van der Waals surface area contributed by atoms with Gasteiger partial charge in [-0.25, -0.2) is 13.6 Å². The molecule has 37 heavy (non-hydrogen) atoms. The molecule has 2 fully saturated rings. The number of hydrogen-bond acceptors (Lipinski definition) is 5. The Balaban J connectivity index is 0.000000660. The Hall–Kier alpha value is -2.30. The number of piperazine rings is 1. The topological polar surface area (TPSA) is 73.3 Å². The third-order valence-electron chi connectivity index (χ3n) is 6.23. The first-order valence-electron chi connectivity index (χ1n) is 11.8. The molecule has 2 aliphatic heterocycles. The standard InChI is InChI=1S/C21H24F2N2O3.C5H9NO.2ClH/c22-18-5-1-16(2-6-18)21(17-3-7-19(23)8-4-17)25-11-9-24(10-12-25)13-14-28-15-20(26)27;1-6-4-2-3-5(6)7;;/h1-8,21H,9-15H2,(H,26,27);2-4H2,1H3;2*1H. The number of nitrogens with zero attached hydrogens (tertiary/aromatic N) is 3. The van der Waals surface area contributed by atoms with Crippen molar-refractivity contribution in [2.24, 2.45) is 0 Å². The Labute approximate surface area is 229 Å². The van der Waals surface area contributed by atoms with E-state index < -0.39 is 5.97 Å². The molecule has 1 amide bonds. The van der Waals surface area contributed by atoms with E-state index in [-0.39, 0.29) is 49.1 Å². The maximum Gasteiger partial charge on any atom is 0.329 e. The lowest BCUT2D eigenvalue weighted by Gasteiger charge is -2.39. The normalized spacial score (nSPS) is 16.0. The number of carboxylic acid groups (broad SMARTS) is 1. The minimum atomic E-state index is -0.966. The second kappa shape index (κ2) is 16.5. The molecule has 0 aliphatic carbocycles. The molecule has 0 atom stereocenters. The minimum Gasteiger partial charge on any atom is -0.480 e. The molecule has 0 bridgehead atoms. The van der Waals surface area contributed by atoms with Gasteiger partial charge < -0.3 is 14.7 Å². The Morgan fingerprint density at radius 2 is 1.43 bits per heavy atom. The largest absolute Gasteiger partial charge is 0.480 e. The van der Waals surface area contributed by atoms with Gasteiger partial charge in [0.1, 0.15) is 18.2 Å². The van der Waals surface area contributed by atoms with Crippen molar-refractivity contribution in [3.63, 3.8) is 0 Å². The van der Waals surface area contributed by atoms with E-state index in [0.29, 0.717) is 19.1 Å². The van der Waals surface area contributed by atoms with Crippen molar-refractivity contribution < 1.29 is 28.2 Å². The van der Waals surface area contributed by atoms with Crippen molar-refractivity contribution in [1.82, 2.24) is 14.7 Å². The van der Waals surface area contributed by atoms with Gasteiger partial charge in [0.2, 0.25) is 5.91 Å². The molecule has 7 nitrogen and oxygen atoms in total. The molecule has 11 heteroatoms. The fraction of sp³-hybridized carbons (Fsp3) is 0.462. The molecule has 1 N–H and O–H groups in total. The molecule has 2 aromatic rings. The number of carboxylic acids is 1. The molecule has 206 valence electrons. The first-order valence-corrected chi connectivity index (χ1v) is 11.8. The maximum absolute atomic E-state index is 13.4. The van der Waals surface area contributed by atoms with Crippen LogP contribution in [-0.2, 0) is 14.3 Å². The number of aliphatic carboxylic acids is 1. The molecular formula is C26H35Cl2F2N3O4. The smallest absolute Gasteiger partial charge is 0.329 e. The van der Waals surface area contributed by atoms with Crippen LogP contribution in [0.15, 0.2) is 48.5 Å². The number of likely N-dealkylation sites (tertiary alicyclic amines) is 1. The van der Waals surface area contributed by atoms with E-state index in [1.165, 1.54) is 24.3 Å². The monoisotopic (exact) mass is 561 g/mol. The number of amides is 1. The van der Waals surface area contributed by atoms with Gasteiger partial charge in [-0.1, -0.05) is 24.3 Å². The molecule has 4 rings (SSSR count). The van der Waals surface area contributed by atoms with Crippen LogP contribution in [0.4, 0.5) is 8.78 Å². The highest BCUT2D eigenvalue weighted by Crippen LogP contribution is 2.30. The number of rotatable bonds is 8. The van der Waals surface area contributed by atoms with Crippen LogP contribution in [-0.4, -0.2) is 91.2 Å². The minimum absolute atomic E-state index is 0. The van der Waals surface area contributed by atoms with Crippen LogP contribution in [0.2, 0.25) is 0 Å². The summed E-state index contributed by atoms with van der Waals surface area (Å²) in [6.45, 7) is 4.95. The Morgan fingerprint density at radius 1 is 0.919 bits per heavy atom. The number of carbonyl (C=O) groups excluding carboxylic acids is 1. The summed E-state index contributed by atoms with van der Waals surface area (Å²) < 4.78 is 31.9. The van der Waals surface area contributed by atoms with Crippen molar-refractivity contribution >= 4 is 36.7 Å². The zero-order chi connectivity index (χ0) is 25.2. The van der Waals surface area contributed by atoms with Gasteiger partial charge in [0.15, 0.2) is 0 Å². The average Bonchev–Trinajstić information content (AvgIpc) is 3.23. The van der Waals surface area contributed by atoms with E-state index in [1.54, 1.807) is 29.2 Å². The van der Waals surface area contributed by atoms with Crippen LogP contribution in [0.5, 0.6) is 0 Å². The summed E-state index contributed by atoms with van der Waals surface area (Å²) in [4.78, 5) is 27.3. The summed E-state index contributed by atoms with van der Waals surface area (Å²) in [6, 6.07) is 12.8. The van der Waals surface area contributed by atoms with Crippen molar-refractivity contribution in [3.8, 4) is 0 Å². The second-order valence-electron chi connectivity index (χ2n) is 8.75. The van der Waals surface area contributed by atoms with Crippen molar-refractivity contribution in [3.05, 3.63) is 71.3 Å². The SMILES string of the molecule is CN1CCCC1=O.Cl.Cl.O=C(O)COCCN1CCN(C(c2ccc(F)cc2)c2ccc(F)cc2)CC1. The fourth-order valence-corrected chi connectivity index (χ4v) is 4.29. The van der Waals surface area contributed by atoms with Gasteiger partial charge >= 0.3 is 5.97 Å². The van der Waals surface area contributed by atoms with Gasteiger partial charge in [-0.2, -0.15) is 0 Å². The Kier molecular flexibility index (Phi) is 14.6. The molecule has 2 saturated heterocycles. The summed E-state index contributed by atoms with van der Waals surface area (Å²) in [5.41, 5.74) is 1.93. The number of halogens is 4. The highest BCUT2D eigenvalue weighted by atomic mass is 35.5. The average molecular weight is 562 g/mol. The van der Waals surface area contributed by atoms with Gasteiger partial charge in [0, 0.05) is 52.7 Å². The van der Waals surface area contributed by atoms with Crippen LogP contribution in [0.25, 0.3) is 0 Å². The van der Waals surface area contributed by atoms with Crippen molar-refractivity contribution in [1.29, 1.82) is 0 Å². The van der Waals surface area contributed by atoms with Crippen LogP contribution >= 0.6 is 24.8 Å². The van der Waals surface area contributed by atoms with E-state index >= 15 is 0 Å². The molecule has 0 saturated carbocycles. The van der Waals surface area contributed by atoms with Crippen LogP contribution in [0.1, 0.15) is 30.0 Å². The van der Waals surface area contributed by atoms with E-state index in [2.05, 4.69) is 9.80 Å². The Bertz CT molecular complexity index is 914.